The molecule has 108 valence electrons. The van der Waals surface area contributed by atoms with Gasteiger partial charge in [0.25, 0.3) is 5.19 Å². The number of hydrogen-bond acceptors (Lipinski definition) is 5. The highest BCUT2D eigenvalue weighted by Gasteiger charge is 2.26. The summed E-state index contributed by atoms with van der Waals surface area (Å²) < 4.78 is 30.4. The number of rotatable bonds is 5. The fraction of sp³-hybridized carbons (Fsp3) is 0.308. The molecule has 2 rings (SSSR count). The fourth-order valence-electron chi connectivity index (χ4n) is 1.52. The minimum Gasteiger partial charge on any atom is -0.470 e. The van der Waals surface area contributed by atoms with Crippen LogP contribution in [0.2, 0.25) is 4.34 Å². The summed E-state index contributed by atoms with van der Waals surface area (Å²) in [6, 6.07) is 6.57. The van der Waals surface area contributed by atoms with E-state index in [9.17, 15) is 8.42 Å². The molecule has 0 bridgehead atoms. The molecule has 0 atom stereocenters. The first-order valence-corrected chi connectivity index (χ1v) is 8.73. The van der Waals surface area contributed by atoms with Gasteiger partial charge in [0.15, 0.2) is 5.03 Å². The Kier molecular flexibility index (Phi) is 4.67. The molecule has 4 nitrogen and oxygen atoms in total. The predicted octanol–water partition coefficient (Wildman–Crippen LogP) is 3.73. The number of hydrogen-bond donors (Lipinski definition) is 0. The van der Waals surface area contributed by atoms with E-state index >= 15 is 0 Å². The maximum atomic E-state index is 12.5. The summed E-state index contributed by atoms with van der Waals surface area (Å²) in [5.74, 6) is 0. The molecule has 0 saturated carbocycles. The van der Waals surface area contributed by atoms with Crippen molar-refractivity contribution in [2.75, 3.05) is 6.61 Å². The molecule has 1 heterocycles. The Labute approximate surface area is 127 Å². The zero-order valence-corrected chi connectivity index (χ0v) is 13.5. The molecule has 0 amide bonds. The van der Waals surface area contributed by atoms with Crippen molar-refractivity contribution in [3.63, 3.8) is 0 Å². The van der Waals surface area contributed by atoms with Gasteiger partial charge in [-0.05, 0) is 25.5 Å². The van der Waals surface area contributed by atoms with Crippen molar-refractivity contribution in [3.05, 3.63) is 34.2 Å². The van der Waals surface area contributed by atoms with Crippen molar-refractivity contribution < 1.29 is 13.2 Å². The molecule has 0 aliphatic rings. The van der Waals surface area contributed by atoms with E-state index in [1.807, 2.05) is 13.8 Å². The monoisotopic (exact) mass is 331 g/mol. The number of aryl methyl sites for hydroxylation is 1. The van der Waals surface area contributed by atoms with Crippen LogP contribution in [0.25, 0.3) is 0 Å². The van der Waals surface area contributed by atoms with E-state index in [1.54, 1.807) is 24.3 Å². The van der Waals surface area contributed by atoms with Gasteiger partial charge in [0.1, 0.15) is 4.34 Å². The van der Waals surface area contributed by atoms with Crippen LogP contribution in [0, 0.1) is 6.92 Å². The second-order valence-corrected chi connectivity index (χ2v) is 7.65. The molecule has 0 unspecified atom stereocenters. The van der Waals surface area contributed by atoms with Crippen molar-refractivity contribution in [2.45, 2.75) is 30.2 Å². The smallest absolute Gasteiger partial charge is 0.275 e. The fourth-order valence-corrected chi connectivity index (χ4v) is 4.27. The number of sulfone groups is 1. The van der Waals surface area contributed by atoms with E-state index in [4.69, 9.17) is 16.3 Å². The Morgan fingerprint density at radius 2 is 1.95 bits per heavy atom. The quantitative estimate of drug-likeness (QED) is 0.837. The highest BCUT2D eigenvalue weighted by molar-refractivity contribution is 7.91. The first kappa shape index (κ1) is 15.3. The van der Waals surface area contributed by atoms with Gasteiger partial charge in [-0.25, -0.2) is 8.42 Å². The van der Waals surface area contributed by atoms with E-state index in [1.165, 1.54) is 0 Å². The zero-order valence-electron chi connectivity index (χ0n) is 11.1. The van der Waals surface area contributed by atoms with E-state index in [-0.39, 0.29) is 19.5 Å². The molecular formula is C13H14ClNO3S2. The lowest BCUT2D eigenvalue weighted by Crippen LogP contribution is -2.03. The molecule has 0 saturated heterocycles. The second-order valence-electron chi connectivity index (χ2n) is 4.22. The average molecular weight is 332 g/mol. The van der Waals surface area contributed by atoms with Crippen molar-refractivity contribution in [2.24, 2.45) is 0 Å². The van der Waals surface area contributed by atoms with Crippen molar-refractivity contribution in [1.82, 2.24) is 4.98 Å². The highest BCUT2D eigenvalue weighted by Crippen LogP contribution is 2.35. The number of nitrogens with zero attached hydrogens (tertiary/aromatic N) is 1. The highest BCUT2D eigenvalue weighted by atomic mass is 35.5. The third kappa shape index (κ3) is 3.13. The molecule has 0 N–H and O–H groups in total. The third-order valence-electron chi connectivity index (χ3n) is 2.55. The van der Waals surface area contributed by atoms with Gasteiger partial charge < -0.3 is 4.74 Å². The van der Waals surface area contributed by atoms with Crippen LogP contribution in [-0.4, -0.2) is 20.0 Å². The lowest BCUT2D eigenvalue weighted by atomic mass is 10.2. The van der Waals surface area contributed by atoms with E-state index in [0.29, 0.717) is 6.61 Å². The minimum atomic E-state index is -3.70. The standard InChI is InChI=1S/C13H14ClNO3S2/c1-3-8-18-13-15-12(11(14)19-13)20(16,17)10-6-4-9(2)5-7-10/h4-7H,3,8H2,1-2H3. The molecule has 0 aliphatic carbocycles. The number of ether oxygens (including phenoxy) is 1. The Morgan fingerprint density at radius 3 is 2.55 bits per heavy atom. The van der Waals surface area contributed by atoms with Crippen LogP contribution in [0.15, 0.2) is 34.2 Å². The van der Waals surface area contributed by atoms with Crippen LogP contribution in [0.4, 0.5) is 0 Å². The third-order valence-corrected chi connectivity index (χ3v) is 5.66. The van der Waals surface area contributed by atoms with Gasteiger partial charge in [-0.15, -0.1) is 0 Å². The molecule has 1 aromatic carbocycles. The van der Waals surface area contributed by atoms with Gasteiger partial charge in [-0.2, -0.15) is 4.98 Å². The topological polar surface area (TPSA) is 56.3 Å². The summed E-state index contributed by atoms with van der Waals surface area (Å²) in [6.45, 7) is 4.33. The van der Waals surface area contributed by atoms with E-state index in [0.717, 1.165) is 23.3 Å². The van der Waals surface area contributed by atoms with Gasteiger partial charge in [0, 0.05) is 0 Å². The van der Waals surface area contributed by atoms with Gasteiger partial charge in [-0.3, -0.25) is 0 Å². The maximum absolute atomic E-state index is 12.5. The molecule has 2 aromatic rings. The summed E-state index contributed by atoms with van der Waals surface area (Å²) in [5.41, 5.74) is 0.986. The Hall–Kier alpha value is -1.11. The normalized spacial score (nSPS) is 11.6. The van der Waals surface area contributed by atoms with E-state index in [2.05, 4.69) is 4.98 Å². The summed E-state index contributed by atoms with van der Waals surface area (Å²) in [5, 5.41) is 0.140. The number of halogens is 1. The second kappa shape index (κ2) is 6.11. The number of benzene rings is 1. The molecule has 0 aliphatic heterocycles. The summed E-state index contributed by atoms with van der Waals surface area (Å²) >= 11 is 7.02. The van der Waals surface area contributed by atoms with Crippen molar-refractivity contribution in [1.29, 1.82) is 0 Å². The molecule has 7 heteroatoms. The predicted molar refractivity (Wildman–Crippen MR) is 79.5 cm³/mol. The molecular weight excluding hydrogens is 318 g/mol. The lowest BCUT2D eigenvalue weighted by molar-refractivity contribution is 0.314. The number of aromatic nitrogens is 1. The number of thiazole rings is 1. The Morgan fingerprint density at radius 1 is 1.30 bits per heavy atom. The van der Waals surface area contributed by atoms with Crippen LogP contribution >= 0.6 is 22.9 Å². The average Bonchev–Trinajstić information content (AvgIpc) is 2.79. The largest absolute Gasteiger partial charge is 0.470 e. The first-order valence-electron chi connectivity index (χ1n) is 6.06. The summed E-state index contributed by atoms with van der Waals surface area (Å²) in [4.78, 5) is 4.17. The first-order chi connectivity index (χ1) is 9.45. The van der Waals surface area contributed by atoms with Crippen LogP contribution < -0.4 is 4.74 Å². The van der Waals surface area contributed by atoms with Gasteiger partial charge >= 0.3 is 0 Å². The lowest BCUT2D eigenvalue weighted by Gasteiger charge is -2.02. The minimum absolute atomic E-state index is 0.122. The van der Waals surface area contributed by atoms with Gasteiger partial charge in [0.2, 0.25) is 9.84 Å². The molecule has 20 heavy (non-hydrogen) atoms. The molecule has 0 fully saturated rings. The zero-order chi connectivity index (χ0) is 14.8. The maximum Gasteiger partial charge on any atom is 0.275 e. The Bertz CT molecular complexity index is 693. The van der Waals surface area contributed by atoms with Gasteiger partial charge in [0.05, 0.1) is 11.5 Å². The van der Waals surface area contributed by atoms with Crippen LogP contribution in [0.5, 0.6) is 5.19 Å². The van der Waals surface area contributed by atoms with Crippen LogP contribution in [0.3, 0.4) is 0 Å². The van der Waals surface area contributed by atoms with Crippen molar-refractivity contribution in [3.8, 4) is 5.19 Å². The molecule has 0 spiro atoms. The van der Waals surface area contributed by atoms with Crippen LogP contribution in [-0.2, 0) is 9.84 Å². The Balaban J connectivity index is 2.39. The molecule has 1 aromatic heterocycles. The van der Waals surface area contributed by atoms with E-state index < -0.39 is 9.84 Å². The SMILES string of the molecule is CCCOc1nc(S(=O)(=O)c2ccc(C)cc2)c(Cl)s1. The van der Waals surface area contributed by atoms with Crippen molar-refractivity contribution >= 4 is 32.8 Å². The van der Waals surface area contributed by atoms with Gasteiger partial charge in [-0.1, -0.05) is 47.6 Å². The molecule has 0 radical (unpaired) electrons. The summed E-state index contributed by atoms with van der Waals surface area (Å²) in [7, 11) is -3.70. The van der Waals surface area contributed by atoms with Crippen LogP contribution in [0.1, 0.15) is 18.9 Å². The summed E-state index contributed by atoms with van der Waals surface area (Å²) in [6.07, 6.45) is 0.817.